The number of carboxylic acid groups (broad SMARTS) is 1. The molecule has 25 heavy (non-hydrogen) atoms. The molecule has 1 heterocycles. The fourth-order valence-corrected chi connectivity index (χ4v) is 4.22. The molecule has 0 aromatic carbocycles. The zero-order valence-corrected chi connectivity index (χ0v) is 15.5. The molecule has 6 atom stereocenters. The van der Waals surface area contributed by atoms with Crippen molar-refractivity contribution < 1.29 is 39.9 Å². The molecule has 1 aliphatic rings. The fraction of sp³-hybridized carbons (Fsp3) is 0.867. The topological polar surface area (TPSA) is 157 Å². The smallest absolute Gasteiger partial charge is 0.346 e. The van der Waals surface area contributed by atoms with Crippen LogP contribution in [0.15, 0.2) is 0 Å². The first kappa shape index (κ1) is 22.1. The number of aliphatic hydroxyl groups is 4. The third kappa shape index (κ3) is 5.53. The number of amides is 1. The SMILES string of the molecule is CC(=O)NC1C(O)CC(SC(C)(C)C)(C(=O)O)OC1C(O)C(O)CO. The standard InChI is InChI=1S/C15H27NO8S/c1-7(18)16-10-8(19)5-15(13(22)23,25-14(2,3)4)24-12(10)11(21)9(20)6-17/h8-12,17,19-21H,5-6H2,1-4H3,(H,16,18)(H,22,23). The molecule has 1 saturated heterocycles. The van der Waals surface area contributed by atoms with Crippen molar-refractivity contribution >= 4 is 23.6 Å². The van der Waals surface area contributed by atoms with Gasteiger partial charge in [-0.15, -0.1) is 11.8 Å². The summed E-state index contributed by atoms with van der Waals surface area (Å²) in [4.78, 5) is 21.4. The van der Waals surface area contributed by atoms with E-state index in [1.54, 1.807) is 20.8 Å². The molecule has 0 aliphatic carbocycles. The molecule has 1 amide bonds. The average Bonchev–Trinajstić information content (AvgIpc) is 2.46. The van der Waals surface area contributed by atoms with Crippen LogP contribution >= 0.6 is 11.8 Å². The summed E-state index contributed by atoms with van der Waals surface area (Å²) in [6.07, 6.45) is -6.43. The van der Waals surface area contributed by atoms with Gasteiger partial charge in [-0.2, -0.15) is 0 Å². The van der Waals surface area contributed by atoms with E-state index in [2.05, 4.69) is 5.32 Å². The first-order chi connectivity index (χ1) is 11.3. The Morgan fingerprint density at radius 3 is 2.32 bits per heavy atom. The minimum Gasteiger partial charge on any atom is -0.478 e. The second kappa shape index (κ2) is 8.19. The van der Waals surface area contributed by atoms with Crippen LogP contribution in [0.5, 0.6) is 0 Å². The molecule has 0 radical (unpaired) electrons. The van der Waals surface area contributed by atoms with Crippen molar-refractivity contribution in [2.75, 3.05) is 6.61 Å². The molecule has 1 rings (SSSR count). The summed E-state index contributed by atoms with van der Waals surface area (Å²) in [5, 5.41) is 51.6. The molecule has 6 unspecified atom stereocenters. The van der Waals surface area contributed by atoms with E-state index in [9.17, 15) is 30.0 Å². The predicted octanol–water partition coefficient (Wildman–Crippen LogP) is -1.33. The lowest BCUT2D eigenvalue weighted by atomic mass is 9.89. The maximum atomic E-state index is 11.9. The maximum absolute atomic E-state index is 11.9. The van der Waals surface area contributed by atoms with E-state index >= 15 is 0 Å². The number of carbonyl (C=O) groups is 2. The Bertz CT molecular complexity index is 496. The lowest BCUT2D eigenvalue weighted by molar-refractivity contribution is -0.205. The summed E-state index contributed by atoms with van der Waals surface area (Å²) in [6.45, 7) is 5.71. The number of nitrogens with one attached hydrogen (secondary N) is 1. The first-order valence-electron chi connectivity index (χ1n) is 7.86. The van der Waals surface area contributed by atoms with E-state index in [1.807, 2.05) is 0 Å². The van der Waals surface area contributed by atoms with E-state index in [1.165, 1.54) is 6.92 Å². The maximum Gasteiger partial charge on any atom is 0.346 e. The monoisotopic (exact) mass is 381 g/mol. The highest BCUT2D eigenvalue weighted by molar-refractivity contribution is 8.02. The number of aliphatic hydroxyl groups excluding tert-OH is 4. The van der Waals surface area contributed by atoms with Gasteiger partial charge in [0.2, 0.25) is 10.8 Å². The van der Waals surface area contributed by atoms with Crippen molar-refractivity contribution in [3.05, 3.63) is 0 Å². The lowest BCUT2D eigenvalue weighted by Crippen LogP contribution is -2.66. The fourth-order valence-electron chi connectivity index (χ4n) is 2.73. The van der Waals surface area contributed by atoms with Crippen LogP contribution in [0.2, 0.25) is 0 Å². The molecule has 1 aliphatic heterocycles. The lowest BCUT2D eigenvalue weighted by Gasteiger charge is -2.48. The van der Waals surface area contributed by atoms with Gasteiger partial charge >= 0.3 is 5.97 Å². The Kier molecular flexibility index (Phi) is 7.25. The van der Waals surface area contributed by atoms with Gasteiger partial charge in [-0.05, 0) is 0 Å². The summed E-state index contributed by atoms with van der Waals surface area (Å²) in [6, 6.07) is -1.14. The van der Waals surface area contributed by atoms with Crippen molar-refractivity contribution in [3.8, 4) is 0 Å². The number of rotatable bonds is 6. The van der Waals surface area contributed by atoms with E-state index in [-0.39, 0.29) is 6.42 Å². The van der Waals surface area contributed by atoms with Gasteiger partial charge < -0.3 is 35.6 Å². The molecule has 146 valence electrons. The number of carboxylic acids is 1. The van der Waals surface area contributed by atoms with Crippen molar-refractivity contribution in [2.45, 2.75) is 74.3 Å². The number of hydrogen-bond donors (Lipinski definition) is 6. The highest BCUT2D eigenvalue weighted by Crippen LogP contribution is 2.45. The third-order valence-electron chi connectivity index (χ3n) is 3.66. The third-order valence-corrected chi connectivity index (χ3v) is 5.04. The number of thioether (sulfide) groups is 1. The Morgan fingerprint density at radius 1 is 1.36 bits per heavy atom. The molecular formula is C15H27NO8S. The number of aliphatic carboxylic acids is 1. The molecule has 6 N–H and O–H groups in total. The minimum absolute atomic E-state index is 0.326. The quantitative estimate of drug-likeness (QED) is 0.328. The van der Waals surface area contributed by atoms with Crippen LogP contribution in [0.4, 0.5) is 0 Å². The first-order valence-corrected chi connectivity index (χ1v) is 8.68. The number of carbonyl (C=O) groups excluding carboxylic acids is 1. The van der Waals surface area contributed by atoms with Gasteiger partial charge in [-0.25, -0.2) is 4.79 Å². The van der Waals surface area contributed by atoms with Crippen molar-refractivity contribution in [1.82, 2.24) is 5.32 Å². The normalized spacial score (nSPS) is 32.7. The van der Waals surface area contributed by atoms with Crippen molar-refractivity contribution in [3.63, 3.8) is 0 Å². The van der Waals surface area contributed by atoms with Crippen LogP contribution in [0.1, 0.15) is 34.1 Å². The molecule has 1 fully saturated rings. The molecule has 9 nitrogen and oxygen atoms in total. The van der Waals surface area contributed by atoms with Gasteiger partial charge in [-0.3, -0.25) is 4.79 Å². The van der Waals surface area contributed by atoms with Crippen LogP contribution in [-0.4, -0.2) is 84.2 Å². The number of ether oxygens (including phenoxy) is 1. The second-order valence-electron chi connectivity index (χ2n) is 7.09. The van der Waals surface area contributed by atoms with Crippen LogP contribution in [0.25, 0.3) is 0 Å². The summed E-state index contributed by atoms with van der Waals surface area (Å²) in [5.74, 6) is -1.86. The highest BCUT2D eigenvalue weighted by atomic mass is 32.2. The predicted molar refractivity (Wildman–Crippen MR) is 89.9 cm³/mol. The summed E-state index contributed by atoms with van der Waals surface area (Å²) in [5.41, 5.74) is 0. The molecule has 0 bridgehead atoms. The molecule has 0 saturated carbocycles. The second-order valence-corrected chi connectivity index (χ2v) is 9.18. The Labute approximate surface area is 150 Å². The van der Waals surface area contributed by atoms with Gasteiger partial charge in [0.1, 0.15) is 18.3 Å². The zero-order valence-electron chi connectivity index (χ0n) is 14.7. The highest BCUT2D eigenvalue weighted by Gasteiger charge is 2.56. The number of hydrogen-bond acceptors (Lipinski definition) is 8. The molecule has 0 aromatic rings. The largest absolute Gasteiger partial charge is 0.478 e. The van der Waals surface area contributed by atoms with Gasteiger partial charge in [0.25, 0.3) is 0 Å². The summed E-state index contributed by atoms with van der Waals surface area (Å²) in [7, 11) is 0. The van der Waals surface area contributed by atoms with Gasteiger partial charge in [0, 0.05) is 18.1 Å². The van der Waals surface area contributed by atoms with Crippen LogP contribution in [0, 0.1) is 0 Å². The van der Waals surface area contributed by atoms with Gasteiger partial charge in [-0.1, -0.05) is 20.8 Å². The van der Waals surface area contributed by atoms with Crippen molar-refractivity contribution in [1.29, 1.82) is 0 Å². The van der Waals surface area contributed by atoms with Crippen LogP contribution in [0.3, 0.4) is 0 Å². The van der Waals surface area contributed by atoms with E-state index < -0.39 is 58.6 Å². The van der Waals surface area contributed by atoms with E-state index in [0.29, 0.717) is 0 Å². The van der Waals surface area contributed by atoms with Crippen LogP contribution < -0.4 is 5.32 Å². The summed E-state index contributed by atoms with van der Waals surface area (Å²) >= 11 is 0.949. The Morgan fingerprint density at radius 2 is 1.92 bits per heavy atom. The minimum atomic E-state index is -1.88. The van der Waals surface area contributed by atoms with E-state index in [0.717, 1.165) is 11.8 Å². The zero-order chi connectivity index (χ0) is 19.6. The Balaban J connectivity index is 3.27. The Hall–Kier alpha value is -0.910. The molecular weight excluding hydrogens is 354 g/mol. The molecule has 0 spiro atoms. The van der Waals surface area contributed by atoms with Crippen molar-refractivity contribution in [2.24, 2.45) is 0 Å². The van der Waals surface area contributed by atoms with Gasteiger partial charge in [0.05, 0.1) is 18.8 Å². The van der Waals surface area contributed by atoms with E-state index in [4.69, 9.17) is 9.84 Å². The molecule has 10 heteroatoms. The summed E-state index contributed by atoms with van der Waals surface area (Å²) < 4.78 is 5.10. The van der Waals surface area contributed by atoms with Gasteiger partial charge in [0.15, 0.2) is 0 Å². The molecule has 0 aromatic heterocycles. The average molecular weight is 381 g/mol. The van der Waals surface area contributed by atoms with Crippen LogP contribution in [-0.2, 0) is 14.3 Å².